The molecule has 122 valence electrons. The Kier molecular flexibility index (Phi) is 5.02. The Morgan fingerprint density at radius 2 is 2.13 bits per heavy atom. The van der Waals surface area contributed by atoms with Crippen molar-refractivity contribution >= 4 is 5.91 Å². The van der Waals surface area contributed by atoms with E-state index in [0.717, 1.165) is 25.9 Å². The molecule has 2 N–H and O–H groups in total. The van der Waals surface area contributed by atoms with Gasteiger partial charge in [-0.2, -0.15) is 0 Å². The van der Waals surface area contributed by atoms with Crippen molar-refractivity contribution in [1.29, 1.82) is 0 Å². The van der Waals surface area contributed by atoms with E-state index in [-0.39, 0.29) is 23.3 Å². The Bertz CT molecular complexity index is 665. The van der Waals surface area contributed by atoms with Crippen LogP contribution >= 0.6 is 0 Å². The first-order chi connectivity index (χ1) is 11.2. The molecule has 0 saturated carbocycles. The normalized spacial score (nSPS) is 15.5. The summed E-state index contributed by atoms with van der Waals surface area (Å²) < 4.78 is 19.0. The summed E-state index contributed by atoms with van der Waals surface area (Å²) >= 11 is 0. The van der Waals surface area contributed by atoms with E-state index in [2.05, 4.69) is 15.6 Å². The van der Waals surface area contributed by atoms with Gasteiger partial charge in [-0.1, -0.05) is 18.2 Å². The molecule has 1 amide bonds. The average molecular weight is 317 g/mol. The monoisotopic (exact) mass is 317 g/mol. The second-order valence-electron chi connectivity index (χ2n) is 5.69. The van der Waals surface area contributed by atoms with E-state index < -0.39 is 0 Å². The van der Waals surface area contributed by atoms with E-state index in [0.29, 0.717) is 24.4 Å². The van der Waals surface area contributed by atoms with Crippen molar-refractivity contribution in [3.05, 3.63) is 53.5 Å². The van der Waals surface area contributed by atoms with Crippen LogP contribution in [0.2, 0.25) is 0 Å². The topological polar surface area (TPSA) is 67.2 Å². The standard InChI is InChI=1S/C17H20FN3O2/c18-14-4-2-1-3-12(14)7-10-20-16(22)15-11-23-17(21-15)13-5-8-19-9-6-13/h1-4,11,13,19H,5-10H2,(H,20,22). The van der Waals surface area contributed by atoms with Gasteiger partial charge in [-0.15, -0.1) is 0 Å². The summed E-state index contributed by atoms with van der Waals surface area (Å²) in [5.41, 5.74) is 0.871. The molecule has 1 aliphatic rings. The highest BCUT2D eigenvalue weighted by Crippen LogP contribution is 2.24. The molecule has 0 atom stereocenters. The highest BCUT2D eigenvalue weighted by molar-refractivity contribution is 5.91. The molecule has 23 heavy (non-hydrogen) atoms. The van der Waals surface area contributed by atoms with Crippen molar-refractivity contribution in [3.8, 4) is 0 Å². The number of amides is 1. The number of hydrogen-bond donors (Lipinski definition) is 2. The van der Waals surface area contributed by atoms with Crippen molar-refractivity contribution in [3.63, 3.8) is 0 Å². The van der Waals surface area contributed by atoms with Gasteiger partial charge < -0.3 is 15.1 Å². The summed E-state index contributed by atoms with van der Waals surface area (Å²) in [6, 6.07) is 6.56. The van der Waals surface area contributed by atoms with Crippen LogP contribution in [0.5, 0.6) is 0 Å². The second kappa shape index (κ2) is 7.37. The molecular weight excluding hydrogens is 297 g/mol. The molecule has 2 aromatic rings. The van der Waals surface area contributed by atoms with Gasteiger partial charge in [-0.05, 0) is 44.0 Å². The molecule has 0 aliphatic carbocycles. The lowest BCUT2D eigenvalue weighted by molar-refractivity contribution is 0.0949. The van der Waals surface area contributed by atoms with E-state index in [9.17, 15) is 9.18 Å². The third-order valence-electron chi connectivity index (χ3n) is 4.08. The maximum absolute atomic E-state index is 13.5. The Labute approximate surface area is 134 Å². The average Bonchev–Trinajstić information content (AvgIpc) is 3.07. The number of aromatic nitrogens is 1. The molecule has 1 saturated heterocycles. The summed E-state index contributed by atoms with van der Waals surface area (Å²) in [5.74, 6) is 0.364. The second-order valence-corrected chi connectivity index (χ2v) is 5.69. The minimum atomic E-state index is -0.287. The Morgan fingerprint density at radius 3 is 2.91 bits per heavy atom. The van der Waals surface area contributed by atoms with Gasteiger partial charge in [-0.25, -0.2) is 9.37 Å². The first-order valence-corrected chi connectivity index (χ1v) is 7.92. The smallest absolute Gasteiger partial charge is 0.273 e. The Hall–Kier alpha value is -2.21. The Morgan fingerprint density at radius 1 is 1.35 bits per heavy atom. The maximum atomic E-state index is 13.5. The summed E-state index contributed by atoms with van der Waals surface area (Å²) in [6.45, 7) is 2.24. The lowest BCUT2D eigenvalue weighted by Gasteiger charge is -2.19. The molecule has 0 unspecified atom stereocenters. The quantitative estimate of drug-likeness (QED) is 0.887. The zero-order valence-corrected chi connectivity index (χ0v) is 12.8. The molecule has 5 nitrogen and oxygen atoms in total. The summed E-state index contributed by atoms with van der Waals surface area (Å²) in [5, 5.41) is 6.03. The fourth-order valence-corrected chi connectivity index (χ4v) is 2.75. The van der Waals surface area contributed by atoms with Gasteiger partial charge in [0.2, 0.25) is 0 Å². The zero-order chi connectivity index (χ0) is 16.1. The predicted molar refractivity (Wildman–Crippen MR) is 83.8 cm³/mol. The minimum Gasteiger partial charge on any atom is -0.448 e. The fraction of sp³-hybridized carbons (Fsp3) is 0.412. The first kappa shape index (κ1) is 15.7. The number of oxazole rings is 1. The largest absolute Gasteiger partial charge is 0.448 e. The van der Waals surface area contributed by atoms with E-state index in [1.807, 2.05) is 0 Å². The van der Waals surface area contributed by atoms with Crippen molar-refractivity contribution < 1.29 is 13.6 Å². The van der Waals surface area contributed by atoms with Gasteiger partial charge in [0.25, 0.3) is 5.91 Å². The number of benzene rings is 1. The van der Waals surface area contributed by atoms with Gasteiger partial charge in [-0.3, -0.25) is 4.79 Å². The molecule has 1 aromatic heterocycles. The van der Waals surface area contributed by atoms with Crippen LogP contribution in [0.15, 0.2) is 34.9 Å². The third kappa shape index (κ3) is 3.96. The summed E-state index contributed by atoms with van der Waals surface area (Å²) in [4.78, 5) is 16.4. The first-order valence-electron chi connectivity index (χ1n) is 7.92. The lowest BCUT2D eigenvalue weighted by Crippen LogP contribution is -2.27. The van der Waals surface area contributed by atoms with Gasteiger partial charge in [0.15, 0.2) is 11.6 Å². The number of nitrogens with zero attached hydrogens (tertiary/aromatic N) is 1. The maximum Gasteiger partial charge on any atom is 0.273 e. The van der Waals surface area contributed by atoms with Crippen molar-refractivity contribution in [2.45, 2.75) is 25.2 Å². The molecule has 0 spiro atoms. The molecule has 1 aromatic carbocycles. The molecule has 1 fully saturated rings. The molecule has 0 bridgehead atoms. The van der Waals surface area contributed by atoms with Gasteiger partial charge >= 0.3 is 0 Å². The Balaban J connectivity index is 1.52. The van der Waals surface area contributed by atoms with Crippen LogP contribution in [-0.4, -0.2) is 30.5 Å². The van der Waals surface area contributed by atoms with E-state index in [4.69, 9.17) is 4.42 Å². The fourth-order valence-electron chi connectivity index (χ4n) is 2.75. The van der Waals surface area contributed by atoms with Crippen LogP contribution in [0.25, 0.3) is 0 Å². The molecule has 2 heterocycles. The van der Waals surface area contributed by atoms with Crippen LogP contribution in [0, 0.1) is 5.82 Å². The van der Waals surface area contributed by atoms with Gasteiger partial charge in [0, 0.05) is 12.5 Å². The highest BCUT2D eigenvalue weighted by atomic mass is 19.1. The van der Waals surface area contributed by atoms with Gasteiger partial charge in [0.1, 0.15) is 12.1 Å². The zero-order valence-electron chi connectivity index (χ0n) is 12.8. The summed E-state index contributed by atoms with van der Waals surface area (Å²) in [7, 11) is 0. The molecule has 0 radical (unpaired) electrons. The van der Waals surface area contributed by atoms with Crippen molar-refractivity contribution in [2.24, 2.45) is 0 Å². The van der Waals surface area contributed by atoms with E-state index in [1.54, 1.807) is 18.2 Å². The lowest BCUT2D eigenvalue weighted by atomic mass is 9.98. The van der Waals surface area contributed by atoms with Crippen molar-refractivity contribution in [1.82, 2.24) is 15.6 Å². The highest BCUT2D eigenvalue weighted by Gasteiger charge is 2.21. The van der Waals surface area contributed by atoms with E-state index >= 15 is 0 Å². The third-order valence-corrected chi connectivity index (χ3v) is 4.08. The van der Waals surface area contributed by atoms with Crippen LogP contribution in [0.4, 0.5) is 4.39 Å². The number of hydrogen-bond acceptors (Lipinski definition) is 4. The number of rotatable bonds is 5. The number of nitrogens with one attached hydrogen (secondary N) is 2. The van der Waals surface area contributed by atoms with E-state index in [1.165, 1.54) is 12.3 Å². The number of carbonyl (C=O) groups excluding carboxylic acids is 1. The van der Waals surface area contributed by atoms with Crippen molar-refractivity contribution in [2.75, 3.05) is 19.6 Å². The molecule has 6 heteroatoms. The van der Waals surface area contributed by atoms with Crippen LogP contribution < -0.4 is 10.6 Å². The number of carbonyl (C=O) groups is 1. The molecule has 1 aliphatic heterocycles. The van der Waals surface area contributed by atoms with Crippen LogP contribution in [0.1, 0.15) is 40.7 Å². The minimum absolute atomic E-state index is 0.253. The van der Waals surface area contributed by atoms with Crippen LogP contribution in [0.3, 0.4) is 0 Å². The molecular formula is C17H20FN3O2. The number of piperidine rings is 1. The molecule has 3 rings (SSSR count). The van der Waals surface area contributed by atoms with Crippen LogP contribution in [-0.2, 0) is 6.42 Å². The summed E-state index contributed by atoms with van der Waals surface area (Å²) in [6.07, 6.45) is 3.77. The number of halogens is 1. The SMILES string of the molecule is O=C(NCCc1ccccc1F)c1coc(C2CCNCC2)n1. The van der Waals surface area contributed by atoms with Gasteiger partial charge in [0.05, 0.1) is 0 Å². The predicted octanol–water partition coefficient (Wildman–Crippen LogP) is 2.25.